The summed E-state index contributed by atoms with van der Waals surface area (Å²) in [6, 6.07) is 4.93. The molecular formula is C20H27N3O4. The van der Waals surface area contributed by atoms with Gasteiger partial charge >= 0.3 is 6.03 Å². The van der Waals surface area contributed by atoms with E-state index in [0.29, 0.717) is 42.4 Å². The van der Waals surface area contributed by atoms with Gasteiger partial charge in [-0.25, -0.2) is 4.79 Å². The zero-order valence-corrected chi connectivity index (χ0v) is 16.2. The van der Waals surface area contributed by atoms with Gasteiger partial charge in [0.1, 0.15) is 5.54 Å². The number of ether oxygens (including phenoxy) is 2. The number of urea groups is 1. The largest absolute Gasteiger partial charge is 0.493 e. The van der Waals surface area contributed by atoms with Crippen molar-refractivity contribution in [3.05, 3.63) is 23.8 Å². The van der Waals surface area contributed by atoms with Gasteiger partial charge in [-0.15, -0.1) is 5.01 Å². The van der Waals surface area contributed by atoms with Crippen molar-refractivity contribution in [2.45, 2.75) is 51.5 Å². The van der Waals surface area contributed by atoms with E-state index >= 15 is 0 Å². The summed E-state index contributed by atoms with van der Waals surface area (Å²) in [5.74, 6) is 1.38. The predicted octanol–water partition coefficient (Wildman–Crippen LogP) is 3.32. The number of hydrogen-bond donors (Lipinski definition) is 1. The Kier molecular flexibility index (Phi) is 5.68. The Labute approximate surface area is 159 Å². The van der Waals surface area contributed by atoms with Crippen LogP contribution >= 0.6 is 0 Å². The highest BCUT2D eigenvalue weighted by Crippen LogP contribution is 2.34. The summed E-state index contributed by atoms with van der Waals surface area (Å²) in [5, 5.41) is 7.92. The van der Waals surface area contributed by atoms with Crippen LogP contribution in [0.25, 0.3) is 0 Å². The lowest BCUT2D eigenvalue weighted by Crippen LogP contribution is -2.48. The van der Waals surface area contributed by atoms with E-state index in [0.717, 1.165) is 24.3 Å². The van der Waals surface area contributed by atoms with Gasteiger partial charge in [0.25, 0.3) is 5.91 Å². The fourth-order valence-electron chi connectivity index (χ4n) is 3.47. The van der Waals surface area contributed by atoms with Gasteiger partial charge in [-0.1, -0.05) is 33.1 Å². The number of hydrogen-bond acceptors (Lipinski definition) is 5. The van der Waals surface area contributed by atoms with Gasteiger partial charge in [-0.05, 0) is 42.5 Å². The summed E-state index contributed by atoms with van der Waals surface area (Å²) in [6.07, 6.45) is 5.84. The Hall–Kier alpha value is -2.57. The zero-order valence-electron chi connectivity index (χ0n) is 16.2. The van der Waals surface area contributed by atoms with Crippen LogP contribution in [0.4, 0.5) is 4.79 Å². The van der Waals surface area contributed by atoms with Crippen LogP contribution in [-0.4, -0.2) is 42.4 Å². The molecule has 3 rings (SSSR count). The molecule has 27 heavy (non-hydrogen) atoms. The molecular weight excluding hydrogens is 346 g/mol. The molecule has 7 heteroatoms. The lowest BCUT2D eigenvalue weighted by Gasteiger charge is -2.29. The third kappa shape index (κ3) is 4.07. The standard InChI is InChI=1S/C20H27N3O4/c1-14(2)13-27-16-8-7-15(11-17(16)26-3)12-21-23-18(24)20(22-19(23)25)9-5-4-6-10-20/h7-8,11-12,14H,4-6,9-10,13H2,1-3H3,(H,22,25)/b21-12-. The second-order valence-electron chi connectivity index (χ2n) is 7.55. The van der Waals surface area contributed by atoms with Crippen LogP contribution < -0.4 is 14.8 Å². The molecule has 1 aromatic rings. The van der Waals surface area contributed by atoms with Crippen molar-refractivity contribution in [3.63, 3.8) is 0 Å². The first kappa shape index (κ1) is 19.2. The van der Waals surface area contributed by atoms with Gasteiger partial charge in [-0.3, -0.25) is 4.79 Å². The van der Waals surface area contributed by atoms with Crippen LogP contribution in [0.5, 0.6) is 11.5 Å². The highest BCUT2D eigenvalue weighted by molar-refractivity contribution is 6.07. The number of benzene rings is 1. The van der Waals surface area contributed by atoms with Crippen molar-refractivity contribution in [3.8, 4) is 11.5 Å². The summed E-state index contributed by atoms with van der Waals surface area (Å²) in [6.45, 7) is 4.74. The molecule has 2 aliphatic rings. The summed E-state index contributed by atoms with van der Waals surface area (Å²) in [7, 11) is 1.57. The van der Waals surface area contributed by atoms with E-state index in [1.807, 2.05) is 6.07 Å². The molecule has 1 saturated heterocycles. The van der Waals surface area contributed by atoms with E-state index in [4.69, 9.17) is 9.47 Å². The van der Waals surface area contributed by atoms with Crippen molar-refractivity contribution >= 4 is 18.2 Å². The first-order valence-corrected chi connectivity index (χ1v) is 9.47. The topological polar surface area (TPSA) is 80.2 Å². The molecule has 0 unspecified atom stereocenters. The molecule has 1 N–H and O–H groups in total. The third-order valence-corrected chi connectivity index (χ3v) is 4.93. The van der Waals surface area contributed by atoms with Crippen molar-refractivity contribution in [2.75, 3.05) is 13.7 Å². The van der Waals surface area contributed by atoms with Crippen LogP contribution in [0.15, 0.2) is 23.3 Å². The second kappa shape index (κ2) is 7.98. The zero-order chi connectivity index (χ0) is 19.4. The monoisotopic (exact) mass is 373 g/mol. The minimum atomic E-state index is -0.765. The lowest BCUT2D eigenvalue weighted by atomic mass is 9.82. The molecule has 2 fully saturated rings. The number of methoxy groups -OCH3 is 1. The van der Waals surface area contributed by atoms with Crippen LogP contribution in [0.1, 0.15) is 51.5 Å². The Morgan fingerprint density at radius 1 is 1.22 bits per heavy atom. The normalized spacial score (nSPS) is 19.2. The maximum atomic E-state index is 12.7. The summed E-state index contributed by atoms with van der Waals surface area (Å²) in [5.41, 5.74) is -0.0484. The van der Waals surface area contributed by atoms with Gasteiger partial charge in [0.15, 0.2) is 11.5 Å². The van der Waals surface area contributed by atoms with Gasteiger partial charge in [-0.2, -0.15) is 5.10 Å². The van der Waals surface area contributed by atoms with Crippen LogP contribution in [0, 0.1) is 5.92 Å². The SMILES string of the molecule is COc1cc(/C=N\N2C(=O)NC3(CCCCC3)C2=O)ccc1OCC(C)C. The molecule has 0 atom stereocenters. The molecule has 1 aliphatic carbocycles. The molecule has 1 aromatic carbocycles. The minimum absolute atomic E-state index is 0.257. The fourth-order valence-corrected chi connectivity index (χ4v) is 3.47. The molecule has 0 radical (unpaired) electrons. The van der Waals surface area contributed by atoms with E-state index in [1.165, 1.54) is 6.21 Å². The minimum Gasteiger partial charge on any atom is -0.493 e. The number of hydrazone groups is 1. The number of carbonyl (C=O) groups excluding carboxylic acids is 2. The van der Waals surface area contributed by atoms with E-state index in [-0.39, 0.29) is 5.91 Å². The Morgan fingerprint density at radius 2 is 1.96 bits per heavy atom. The average molecular weight is 373 g/mol. The van der Waals surface area contributed by atoms with Crippen molar-refractivity contribution in [2.24, 2.45) is 11.0 Å². The van der Waals surface area contributed by atoms with Gasteiger partial charge in [0, 0.05) is 0 Å². The van der Waals surface area contributed by atoms with E-state index in [9.17, 15) is 9.59 Å². The van der Waals surface area contributed by atoms with Gasteiger partial charge < -0.3 is 14.8 Å². The maximum absolute atomic E-state index is 12.7. The predicted molar refractivity (Wildman–Crippen MR) is 102 cm³/mol. The number of rotatable bonds is 6. The molecule has 1 saturated carbocycles. The Balaban J connectivity index is 1.73. The highest BCUT2D eigenvalue weighted by atomic mass is 16.5. The maximum Gasteiger partial charge on any atom is 0.346 e. The molecule has 7 nitrogen and oxygen atoms in total. The van der Waals surface area contributed by atoms with Crippen LogP contribution in [0.3, 0.4) is 0 Å². The smallest absolute Gasteiger partial charge is 0.346 e. The van der Waals surface area contributed by atoms with Crippen molar-refractivity contribution < 1.29 is 19.1 Å². The molecule has 1 aliphatic heterocycles. The fraction of sp³-hybridized carbons (Fsp3) is 0.550. The van der Waals surface area contributed by atoms with Gasteiger partial charge in [0.05, 0.1) is 19.9 Å². The molecule has 146 valence electrons. The number of nitrogens with zero attached hydrogens (tertiary/aromatic N) is 2. The van der Waals surface area contributed by atoms with E-state index < -0.39 is 11.6 Å². The third-order valence-electron chi connectivity index (χ3n) is 4.93. The summed E-state index contributed by atoms with van der Waals surface area (Å²) in [4.78, 5) is 25.0. The second-order valence-corrected chi connectivity index (χ2v) is 7.55. The molecule has 1 spiro atoms. The van der Waals surface area contributed by atoms with Crippen molar-refractivity contribution in [1.82, 2.24) is 10.3 Å². The first-order valence-electron chi connectivity index (χ1n) is 9.47. The molecule has 1 heterocycles. The first-order chi connectivity index (χ1) is 12.9. The van der Waals surface area contributed by atoms with Crippen molar-refractivity contribution in [1.29, 1.82) is 0 Å². The molecule has 0 bridgehead atoms. The number of imide groups is 1. The highest BCUT2D eigenvalue weighted by Gasteiger charge is 2.51. The summed E-state index contributed by atoms with van der Waals surface area (Å²) < 4.78 is 11.1. The number of amides is 3. The molecule has 0 aromatic heterocycles. The molecule has 3 amide bonds. The quantitative estimate of drug-likeness (QED) is 0.613. The Bertz CT molecular complexity index is 739. The van der Waals surface area contributed by atoms with E-state index in [2.05, 4.69) is 24.3 Å². The number of carbonyl (C=O) groups is 2. The van der Waals surface area contributed by atoms with Crippen LogP contribution in [0.2, 0.25) is 0 Å². The van der Waals surface area contributed by atoms with Gasteiger partial charge in [0.2, 0.25) is 0 Å². The number of nitrogens with one attached hydrogen (secondary N) is 1. The Morgan fingerprint density at radius 3 is 2.63 bits per heavy atom. The summed E-state index contributed by atoms with van der Waals surface area (Å²) >= 11 is 0. The lowest BCUT2D eigenvalue weighted by molar-refractivity contribution is -0.132. The van der Waals surface area contributed by atoms with Crippen LogP contribution in [-0.2, 0) is 4.79 Å². The van der Waals surface area contributed by atoms with E-state index in [1.54, 1.807) is 19.2 Å². The average Bonchev–Trinajstić information content (AvgIpc) is 2.88.